The summed E-state index contributed by atoms with van der Waals surface area (Å²) in [5.41, 5.74) is 3.39. The number of likely N-dealkylation sites (tertiary alicyclic amines) is 1. The summed E-state index contributed by atoms with van der Waals surface area (Å²) < 4.78 is 10.8. The molecule has 0 spiro atoms. The Morgan fingerprint density at radius 3 is 1.94 bits per heavy atom. The Morgan fingerprint density at radius 1 is 0.758 bits per heavy atom. The number of carbonyl (C=O) groups excluding carboxylic acids is 5. The largest absolute Gasteiger partial charge is 0.444 e. The highest BCUT2D eigenvalue weighted by atomic mass is 16.6. The SMILES string of the molecule is CC(C)(C)OC(=O)NCC1CCC(C(=O)N[C@@H](Cc2ccc(-c3ccc(C(=O)NC4CCN(C(=O)OC(C)(C)C)CC4)cc3)cc2)C(=O)Nc2ccc(-c3nn[nH]n3)cc2)CC1. The average Bonchev–Trinajstić information content (AvgIpc) is 3.78. The third-order valence-corrected chi connectivity index (χ3v) is 10.9. The van der Waals surface area contributed by atoms with Crippen molar-refractivity contribution in [3.63, 3.8) is 0 Å². The number of carbonyl (C=O) groups is 5. The van der Waals surface area contributed by atoms with Crippen molar-refractivity contribution in [1.29, 1.82) is 0 Å². The molecule has 2 fully saturated rings. The third kappa shape index (κ3) is 13.3. The fourth-order valence-electron chi connectivity index (χ4n) is 7.57. The average molecular weight is 850 g/mol. The first-order valence-electron chi connectivity index (χ1n) is 21.4. The van der Waals surface area contributed by atoms with Crippen LogP contribution in [0.5, 0.6) is 0 Å². The molecule has 1 atom stereocenters. The second kappa shape index (κ2) is 20.0. The number of anilines is 1. The second-order valence-corrected chi connectivity index (χ2v) is 18.2. The minimum Gasteiger partial charge on any atom is -0.444 e. The molecule has 1 aliphatic heterocycles. The van der Waals surface area contributed by atoms with Gasteiger partial charge in [-0.05, 0) is 144 Å². The molecule has 5 N–H and O–H groups in total. The van der Waals surface area contributed by atoms with E-state index < -0.39 is 23.3 Å². The Morgan fingerprint density at radius 2 is 1.35 bits per heavy atom. The molecule has 6 rings (SSSR count). The normalized spacial score (nSPS) is 17.6. The molecule has 5 amide bonds. The van der Waals surface area contributed by atoms with Crippen molar-refractivity contribution in [3.05, 3.63) is 83.9 Å². The zero-order chi connectivity index (χ0) is 44.4. The van der Waals surface area contributed by atoms with E-state index in [0.717, 1.165) is 35.1 Å². The number of hydrogen-bond acceptors (Lipinski definition) is 10. The third-order valence-electron chi connectivity index (χ3n) is 10.9. The van der Waals surface area contributed by atoms with Gasteiger partial charge in [-0.1, -0.05) is 36.4 Å². The number of aromatic nitrogens is 4. The van der Waals surface area contributed by atoms with Crippen molar-refractivity contribution in [3.8, 4) is 22.5 Å². The molecule has 0 bridgehead atoms. The Kier molecular flexibility index (Phi) is 14.6. The van der Waals surface area contributed by atoms with Gasteiger partial charge >= 0.3 is 12.2 Å². The van der Waals surface area contributed by atoms with Gasteiger partial charge in [0, 0.05) is 54.8 Å². The minimum atomic E-state index is -0.862. The summed E-state index contributed by atoms with van der Waals surface area (Å²) in [5, 5.41) is 26.0. The topological polar surface area (TPSA) is 210 Å². The van der Waals surface area contributed by atoms with Gasteiger partial charge in [0.1, 0.15) is 17.2 Å². The quantitative estimate of drug-likeness (QED) is 0.102. The van der Waals surface area contributed by atoms with E-state index in [-0.39, 0.29) is 48.1 Å². The number of hydrogen-bond donors (Lipinski definition) is 5. The summed E-state index contributed by atoms with van der Waals surface area (Å²) >= 11 is 0. The number of nitrogens with one attached hydrogen (secondary N) is 5. The fourth-order valence-corrected chi connectivity index (χ4v) is 7.57. The first kappa shape index (κ1) is 45.2. The van der Waals surface area contributed by atoms with Crippen LogP contribution in [-0.4, -0.2) is 98.4 Å². The van der Waals surface area contributed by atoms with Gasteiger partial charge < -0.3 is 35.6 Å². The summed E-state index contributed by atoms with van der Waals surface area (Å²) in [6.45, 7) is 12.5. The number of benzene rings is 3. The number of rotatable bonds is 12. The lowest BCUT2D eigenvalue weighted by molar-refractivity contribution is -0.130. The van der Waals surface area contributed by atoms with Crippen LogP contribution >= 0.6 is 0 Å². The van der Waals surface area contributed by atoms with Gasteiger partial charge in [-0.25, -0.2) is 9.59 Å². The summed E-state index contributed by atoms with van der Waals surface area (Å²) in [5.74, 6) is -0.300. The van der Waals surface area contributed by atoms with E-state index >= 15 is 0 Å². The van der Waals surface area contributed by atoms with Crippen LogP contribution in [0.2, 0.25) is 0 Å². The van der Waals surface area contributed by atoms with Crippen LogP contribution in [0.15, 0.2) is 72.8 Å². The number of ether oxygens (including phenoxy) is 2. The molecule has 16 heteroatoms. The van der Waals surface area contributed by atoms with Gasteiger partial charge in [-0.3, -0.25) is 14.4 Å². The Balaban J connectivity index is 1.05. The lowest BCUT2D eigenvalue weighted by Gasteiger charge is -2.33. The number of H-pyrrole nitrogens is 1. The molecule has 1 aliphatic carbocycles. The monoisotopic (exact) mass is 849 g/mol. The first-order chi connectivity index (χ1) is 29.5. The molecule has 1 aromatic heterocycles. The second-order valence-electron chi connectivity index (χ2n) is 18.2. The maximum atomic E-state index is 13.9. The highest BCUT2D eigenvalue weighted by Crippen LogP contribution is 2.29. The van der Waals surface area contributed by atoms with Gasteiger partial charge in [0.25, 0.3) is 5.91 Å². The Hall–Kier alpha value is -6.32. The van der Waals surface area contributed by atoms with Crippen LogP contribution in [-0.2, 0) is 25.5 Å². The van der Waals surface area contributed by atoms with Crippen molar-refractivity contribution < 1.29 is 33.4 Å². The molecular formula is C46H59N9O7. The van der Waals surface area contributed by atoms with E-state index in [2.05, 4.69) is 41.9 Å². The minimum absolute atomic E-state index is 0.0396. The van der Waals surface area contributed by atoms with E-state index in [4.69, 9.17) is 9.47 Å². The molecular weight excluding hydrogens is 791 g/mol. The maximum Gasteiger partial charge on any atom is 0.410 e. The summed E-state index contributed by atoms with van der Waals surface area (Å²) in [4.78, 5) is 67.0. The lowest BCUT2D eigenvalue weighted by Crippen LogP contribution is -2.48. The van der Waals surface area contributed by atoms with Crippen molar-refractivity contribution in [2.75, 3.05) is 25.0 Å². The highest BCUT2D eigenvalue weighted by molar-refractivity contribution is 5.98. The molecule has 0 radical (unpaired) electrons. The molecule has 0 unspecified atom stereocenters. The summed E-state index contributed by atoms with van der Waals surface area (Å²) in [6, 6.07) is 21.3. The maximum absolute atomic E-state index is 13.9. The van der Waals surface area contributed by atoms with Crippen LogP contribution in [0, 0.1) is 11.8 Å². The molecule has 62 heavy (non-hydrogen) atoms. The van der Waals surface area contributed by atoms with E-state index in [1.54, 1.807) is 41.3 Å². The number of alkyl carbamates (subject to hydrolysis) is 1. The van der Waals surface area contributed by atoms with Crippen LogP contribution in [0.25, 0.3) is 22.5 Å². The summed E-state index contributed by atoms with van der Waals surface area (Å²) in [7, 11) is 0. The Labute approximate surface area is 362 Å². The van der Waals surface area contributed by atoms with Gasteiger partial charge in [-0.15, -0.1) is 10.2 Å². The van der Waals surface area contributed by atoms with Crippen LogP contribution in [0.4, 0.5) is 15.3 Å². The van der Waals surface area contributed by atoms with Crippen molar-refractivity contribution in [2.24, 2.45) is 11.8 Å². The molecule has 4 aromatic rings. The van der Waals surface area contributed by atoms with Gasteiger partial charge in [0.15, 0.2) is 0 Å². The van der Waals surface area contributed by atoms with E-state index in [0.29, 0.717) is 62.4 Å². The van der Waals surface area contributed by atoms with Crippen LogP contribution in [0.1, 0.15) is 96.0 Å². The van der Waals surface area contributed by atoms with E-state index in [1.807, 2.05) is 77.9 Å². The molecule has 1 saturated heterocycles. The molecule has 3 aromatic carbocycles. The highest BCUT2D eigenvalue weighted by Gasteiger charge is 2.31. The molecule has 2 heterocycles. The summed E-state index contributed by atoms with van der Waals surface area (Å²) in [6.07, 6.45) is 3.58. The fraction of sp³-hybridized carbons (Fsp3) is 0.478. The van der Waals surface area contributed by atoms with Crippen molar-refractivity contribution in [1.82, 2.24) is 41.5 Å². The first-order valence-corrected chi connectivity index (χ1v) is 21.4. The number of tetrazole rings is 1. The Bertz CT molecular complexity index is 2130. The molecule has 2 aliphatic rings. The van der Waals surface area contributed by atoms with Gasteiger partial charge in [0.05, 0.1) is 0 Å². The van der Waals surface area contributed by atoms with Gasteiger partial charge in [0.2, 0.25) is 17.6 Å². The zero-order valence-electron chi connectivity index (χ0n) is 36.5. The number of piperidine rings is 1. The molecule has 1 saturated carbocycles. The predicted molar refractivity (Wildman–Crippen MR) is 234 cm³/mol. The van der Waals surface area contributed by atoms with Crippen LogP contribution in [0.3, 0.4) is 0 Å². The zero-order valence-corrected chi connectivity index (χ0v) is 36.5. The van der Waals surface area contributed by atoms with Crippen molar-refractivity contribution in [2.45, 2.75) is 110 Å². The van der Waals surface area contributed by atoms with Crippen LogP contribution < -0.4 is 21.3 Å². The van der Waals surface area contributed by atoms with Gasteiger partial charge in [-0.2, -0.15) is 5.21 Å². The smallest absolute Gasteiger partial charge is 0.410 e. The number of aromatic amines is 1. The molecule has 16 nitrogen and oxygen atoms in total. The van der Waals surface area contributed by atoms with Crippen molar-refractivity contribution >= 4 is 35.6 Å². The predicted octanol–water partition coefficient (Wildman–Crippen LogP) is 6.66. The number of nitrogens with zero attached hydrogens (tertiary/aromatic N) is 4. The molecule has 330 valence electrons. The number of amides is 5. The van der Waals surface area contributed by atoms with E-state index in [1.165, 1.54) is 0 Å². The standard InChI is InChI=1S/C46H59N9O7/c1-45(2,3)61-43(59)47-28-30-9-13-34(14-10-30)41(57)50-38(42(58)49-36-21-19-33(20-22-36)39-51-53-54-52-39)27-29-7-11-31(12-8-29)32-15-17-35(18-16-32)40(56)48-37-23-25-55(26-24-37)44(60)62-46(4,5)6/h7-8,11-12,15-22,30,34,37-38H,9-10,13-14,23-28H2,1-6H3,(H,47,59)(H,48,56)(H,49,58)(H,50,57)(H,51,52,53,54)/t30?,34?,38-/m0/s1. The lowest BCUT2D eigenvalue weighted by atomic mass is 9.81. The van der Waals surface area contributed by atoms with E-state index in [9.17, 15) is 24.0 Å².